The summed E-state index contributed by atoms with van der Waals surface area (Å²) in [6, 6.07) is 0. The van der Waals surface area contributed by atoms with Crippen LogP contribution in [-0.2, 0) is 0 Å². The summed E-state index contributed by atoms with van der Waals surface area (Å²) in [5.41, 5.74) is 0.359. The van der Waals surface area contributed by atoms with E-state index in [0.717, 1.165) is 12.8 Å². The minimum atomic E-state index is 0. The van der Waals surface area contributed by atoms with Crippen molar-refractivity contribution < 1.29 is 31.1 Å². The third-order valence-electron chi connectivity index (χ3n) is 1.78. The van der Waals surface area contributed by atoms with Crippen LogP contribution in [0.15, 0.2) is 0 Å². The van der Waals surface area contributed by atoms with Gasteiger partial charge in [-0.05, 0) is 0 Å². The smallest absolute Gasteiger partial charge is 0.343 e. The van der Waals surface area contributed by atoms with Crippen molar-refractivity contribution >= 4 is 0 Å². The first-order chi connectivity index (χ1) is 5.71. The average Bonchev–Trinajstić information content (AvgIpc) is 1.84. The van der Waals surface area contributed by atoms with Gasteiger partial charge >= 0.3 is 31.1 Å². The minimum Gasteiger partial charge on any atom is -0.343 e. The molecule has 0 rings (SSSR count). The molecule has 0 bridgehead atoms. The Labute approximate surface area is 116 Å². The second-order valence-electron chi connectivity index (χ2n) is 5.21. The van der Waals surface area contributed by atoms with E-state index in [1.165, 1.54) is 5.92 Å². The van der Waals surface area contributed by atoms with Crippen LogP contribution >= 0.6 is 0 Å². The first kappa shape index (κ1) is 20.5. The standard InChI is InChI=1S/C9H18.C4H9.U/c1-6-7-8(2)9(3,4)5;1-4(2)3;/h8H,1-2,6-7H2,3-5H3;1-3H3;/q-2;-1;+3. The van der Waals surface area contributed by atoms with E-state index in [0.29, 0.717) is 11.3 Å². The molecule has 0 aromatic carbocycles. The molecule has 0 aromatic heterocycles. The Hall–Kier alpha value is 1.05. The predicted octanol–water partition coefficient (Wildman–Crippen LogP) is 4.72. The summed E-state index contributed by atoms with van der Waals surface area (Å²) in [5, 5.41) is 0. The number of rotatable bonds is 2. The fourth-order valence-electron chi connectivity index (χ4n) is 0.679. The molecule has 0 aliphatic rings. The van der Waals surface area contributed by atoms with Crippen molar-refractivity contribution in [1.82, 2.24) is 0 Å². The maximum Gasteiger partial charge on any atom is 3.00 e. The van der Waals surface area contributed by atoms with Gasteiger partial charge in [-0.2, -0.15) is 33.1 Å². The van der Waals surface area contributed by atoms with Gasteiger partial charge in [-0.3, -0.25) is 0 Å². The van der Waals surface area contributed by atoms with Crippen LogP contribution in [0.5, 0.6) is 0 Å². The van der Waals surface area contributed by atoms with E-state index in [4.69, 9.17) is 0 Å². The summed E-state index contributed by atoms with van der Waals surface area (Å²) in [7, 11) is 0. The molecule has 0 fully saturated rings. The zero-order valence-corrected chi connectivity index (χ0v) is 15.1. The van der Waals surface area contributed by atoms with Crippen molar-refractivity contribution in [1.29, 1.82) is 0 Å². The van der Waals surface area contributed by atoms with Crippen LogP contribution in [0.4, 0.5) is 0 Å². The Bertz CT molecular complexity index is 97.5. The van der Waals surface area contributed by atoms with Crippen LogP contribution in [0, 0.1) is 62.2 Å². The van der Waals surface area contributed by atoms with Crippen molar-refractivity contribution in [2.75, 3.05) is 0 Å². The number of hydrogen-bond acceptors (Lipinski definition) is 0. The second-order valence-corrected chi connectivity index (χ2v) is 5.21. The van der Waals surface area contributed by atoms with Crippen LogP contribution in [0.3, 0.4) is 0 Å². The number of hydrogen-bond donors (Lipinski definition) is 0. The molecule has 1 atom stereocenters. The molecule has 0 amide bonds. The molecule has 0 N–H and O–H groups in total. The fraction of sp³-hybridized carbons (Fsp3) is 0.769. The van der Waals surface area contributed by atoms with Crippen LogP contribution in [-0.4, -0.2) is 0 Å². The first-order valence-electron chi connectivity index (χ1n) is 5.11. The predicted molar refractivity (Wildman–Crippen MR) is 63.2 cm³/mol. The molecule has 0 saturated carbocycles. The van der Waals surface area contributed by atoms with Gasteiger partial charge in [-0.1, -0.05) is 26.2 Å². The van der Waals surface area contributed by atoms with Gasteiger partial charge in [-0.15, -0.1) is 6.42 Å². The Kier molecular flexibility index (Phi) is 15.4. The minimum absolute atomic E-state index is 0. The van der Waals surface area contributed by atoms with Crippen LogP contribution in [0.1, 0.15) is 54.4 Å². The molecule has 1 heteroatoms. The third kappa shape index (κ3) is 18.8. The summed E-state index contributed by atoms with van der Waals surface area (Å²) >= 11 is 0. The van der Waals surface area contributed by atoms with Crippen molar-refractivity contribution in [3.63, 3.8) is 0 Å². The maximum atomic E-state index is 4.06. The van der Waals surface area contributed by atoms with Crippen LogP contribution in [0.25, 0.3) is 0 Å². The summed E-state index contributed by atoms with van der Waals surface area (Å²) in [4.78, 5) is 0. The summed E-state index contributed by atoms with van der Waals surface area (Å²) in [6.07, 6.45) is 2.15. The molecular formula is C13H27U. The Morgan fingerprint density at radius 1 is 1.14 bits per heavy atom. The Morgan fingerprint density at radius 2 is 1.43 bits per heavy atom. The van der Waals surface area contributed by atoms with E-state index >= 15 is 0 Å². The fourth-order valence-corrected chi connectivity index (χ4v) is 0.679. The molecule has 0 aliphatic heterocycles. The van der Waals surface area contributed by atoms with Crippen molar-refractivity contribution in [2.45, 2.75) is 54.4 Å². The Balaban J connectivity index is -0.000000209. The topological polar surface area (TPSA) is 0 Å². The summed E-state index contributed by atoms with van der Waals surface area (Å²) < 4.78 is 0. The van der Waals surface area contributed by atoms with Gasteiger partial charge in [0.2, 0.25) is 0 Å². The SMILES string of the molecule is C[C-](C)C.[CH2-]CCC([CH2-])C(C)(C)C.[U+3]. The molecule has 0 heterocycles. The van der Waals surface area contributed by atoms with Crippen molar-refractivity contribution in [3.05, 3.63) is 19.8 Å². The summed E-state index contributed by atoms with van der Waals surface area (Å²) in [5.74, 6) is 1.97. The second kappa shape index (κ2) is 10.6. The van der Waals surface area contributed by atoms with E-state index in [1.54, 1.807) is 0 Å². The molecular weight excluding hydrogens is 394 g/mol. The van der Waals surface area contributed by atoms with Crippen LogP contribution in [0.2, 0.25) is 0 Å². The van der Waals surface area contributed by atoms with Crippen molar-refractivity contribution in [2.24, 2.45) is 11.3 Å². The molecule has 0 saturated heterocycles. The molecule has 83 valence electrons. The van der Waals surface area contributed by atoms with Crippen LogP contribution < -0.4 is 0 Å². The van der Waals surface area contributed by atoms with Gasteiger partial charge in [0.15, 0.2) is 0 Å². The van der Waals surface area contributed by atoms with E-state index in [9.17, 15) is 0 Å². The zero-order chi connectivity index (χ0) is 11.1. The molecule has 0 nitrogen and oxygen atoms in total. The Morgan fingerprint density at radius 3 is 1.50 bits per heavy atom. The van der Waals surface area contributed by atoms with Gasteiger partial charge in [0, 0.05) is 0 Å². The molecule has 0 aromatic rings. The monoisotopic (exact) mass is 421 g/mol. The van der Waals surface area contributed by atoms with E-state index < -0.39 is 0 Å². The molecule has 1 unspecified atom stereocenters. The molecule has 1 radical (unpaired) electrons. The van der Waals surface area contributed by atoms with E-state index in [-0.39, 0.29) is 31.1 Å². The van der Waals surface area contributed by atoms with E-state index in [2.05, 4.69) is 55.4 Å². The largest absolute Gasteiger partial charge is 3.00 e. The van der Waals surface area contributed by atoms with Crippen molar-refractivity contribution in [3.8, 4) is 0 Å². The van der Waals surface area contributed by atoms with Gasteiger partial charge in [0.25, 0.3) is 0 Å². The average molecular weight is 421 g/mol. The third-order valence-corrected chi connectivity index (χ3v) is 1.78. The molecule has 0 aliphatic carbocycles. The maximum absolute atomic E-state index is 4.06. The van der Waals surface area contributed by atoms with Gasteiger partial charge in [0.05, 0.1) is 0 Å². The molecule has 0 spiro atoms. The normalized spacial score (nSPS) is 12.6. The van der Waals surface area contributed by atoms with Gasteiger partial charge in [-0.25, -0.2) is 0 Å². The van der Waals surface area contributed by atoms with E-state index in [1.807, 2.05) is 0 Å². The summed E-state index contributed by atoms with van der Waals surface area (Å²) in [6.45, 7) is 20.8. The quantitative estimate of drug-likeness (QED) is 0.567. The first-order valence-corrected chi connectivity index (χ1v) is 5.11. The zero-order valence-electron chi connectivity index (χ0n) is 10.9. The molecule has 14 heavy (non-hydrogen) atoms. The van der Waals surface area contributed by atoms with Gasteiger partial charge in [0.1, 0.15) is 0 Å². The van der Waals surface area contributed by atoms with Gasteiger partial charge < -0.3 is 19.8 Å².